The van der Waals surface area contributed by atoms with Gasteiger partial charge in [-0.2, -0.15) is 0 Å². The predicted octanol–water partition coefficient (Wildman–Crippen LogP) is 1.77. The van der Waals surface area contributed by atoms with E-state index in [1.807, 2.05) is 0 Å². The van der Waals surface area contributed by atoms with Crippen molar-refractivity contribution >= 4 is 27.6 Å². The zero-order chi connectivity index (χ0) is 21.2. The van der Waals surface area contributed by atoms with E-state index < -0.39 is 16.0 Å². The Kier molecular flexibility index (Phi) is 5.69. The predicted molar refractivity (Wildman–Crippen MR) is 103 cm³/mol. The van der Waals surface area contributed by atoms with E-state index >= 15 is 0 Å². The van der Waals surface area contributed by atoms with E-state index in [0.29, 0.717) is 13.1 Å². The number of aromatic carboxylic acids is 1. The lowest BCUT2D eigenvalue weighted by molar-refractivity contribution is 0.0696. The number of ether oxygens (including phenoxy) is 2. The second-order valence-electron chi connectivity index (χ2n) is 6.41. The van der Waals surface area contributed by atoms with Gasteiger partial charge in [0.25, 0.3) is 15.9 Å². The zero-order valence-electron chi connectivity index (χ0n) is 15.9. The second kappa shape index (κ2) is 8.03. The van der Waals surface area contributed by atoms with Crippen LogP contribution >= 0.6 is 0 Å². The minimum absolute atomic E-state index is 0.0192. The van der Waals surface area contributed by atoms with E-state index in [1.54, 1.807) is 4.90 Å². The number of aromatic amines is 1. The van der Waals surface area contributed by atoms with Crippen LogP contribution in [0.2, 0.25) is 0 Å². The lowest BCUT2D eigenvalue weighted by atomic mass is 10.1. The Bertz CT molecular complexity index is 1040. The van der Waals surface area contributed by atoms with Crippen LogP contribution in [0.25, 0.3) is 0 Å². The van der Waals surface area contributed by atoms with E-state index in [2.05, 4.69) is 9.71 Å². The average molecular weight is 423 g/mol. The van der Waals surface area contributed by atoms with Crippen LogP contribution in [0.1, 0.15) is 33.7 Å². The highest BCUT2D eigenvalue weighted by Gasteiger charge is 2.26. The van der Waals surface area contributed by atoms with Crippen LogP contribution in [0.4, 0.5) is 5.69 Å². The number of carbonyl (C=O) groups is 2. The fraction of sp³-hybridized carbons (Fsp3) is 0.333. The SMILES string of the molecule is COc1cc(OC)c(NS(=O)(=O)c2c[nH]c(C(=O)N3CCCC3)c2)c(C(=O)O)c1. The summed E-state index contributed by atoms with van der Waals surface area (Å²) >= 11 is 0. The Balaban J connectivity index is 1.94. The smallest absolute Gasteiger partial charge is 0.338 e. The number of likely N-dealkylation sites (tertiary alicyclic amines) is 1. The first kappa shape index (κ1) is 20.5. The molecule has 2 aromatic rings. The molecule has 29 heavy (non-hydrogen) atoms. The summed E-state index contributed by atoms with van der Waals surface area (Å²) in [4.78, 5) is 28.2. The maximum atomic E-state index is 12.8. The third kappa shape index (κ3) is 4.14. The number of hydrogen-bond donors (Lipinski definition) is 3. The van der Waals surface area contributed by atoms with Crippen molar-refractivity contribution in [2.24, 2.45) is 0 Å². The van der Waals surface area contributed by atoms with Gasteiger partial charge in [0.1, 0.15) is 27.8 Å². The van der Waals surface area contributed by atoms with Crippen LogP contribution < -0.4 is 14.2 Å². The number of hydrogen-bond acceptors (Lipinski definition) is 6. The molecule has 0 aliphatic carbocycles. The Labute approximate surface area is 167 Å². The van der Waals surface area contributed by atoms with E-state index in [9.17, 15) is 23.1 Å². The monoisotopic (exact) mass is 423 g/mol. The molecule has 1 aliphatic rings. The van der Waals surface area contributed by atoms with Crippen molar-refractivity contribution in [2.75, 3.05) is 32.0 Å². The van der Waals surface area contributed by atoms with Crippen molar-refractivity contribution in [3.63, 3.8) is 0 Å². The number of benzene rings is 1. The van der Waals surface area contributed by atoms with Crippen molar-refractivity contribution < 1.29 is 32.6 Å². The molecule has 10 nitrogen and oxygen atoms in total. The van der Waals surface area contributed by atoms with Gasteiger partial charge in [-0.05, 0) is 25.0 Å². The fourth-order valence-electron chi connectivity index (χ4n) is 3.08. The molecule has 1 aromatic carbocycles. The maximum Gasteiger partial charge on any atom is 0.338 e. The molecule has 0 bridgehead atoms. The normalized spacial score (nSPS) is 13.9. The molecule has 0 unspecified atom stereocenters. The van der Waals surface area contributed by atoms with Crippen LogP contribution in [0, 0.1) is 0 Å². The summed E-state index contributed by atoms with van der Waals surface area (Å²) < 4.78 is 38.0. The molecule has 1 amide bonds. The van der Waals surface area contributed by atoms with Crippen molar-refractivity contribution in [1.29, 1.82) is 0 Å². The highest BCUT2D eigenvalue weighted by Crippen LogP contribution is 2.35. The minimum Gasteiger partial charge on any atom is -0.497 e. The second-order valence-corrected chi connectivity index (χ2v) is 8.09. The molecule has 1 saturated heterocycles. The topological polar surface area (TPSA) is 138 Å². The average Bonchev–Trinajstić information content (AvgIpc) is 3.39. The molecule has 3 N–H and O–H groups in total. The first-order valence-electron chi connectivity index (χ1n) is 8.76. The summed E-state index contributed by atoms with van der Waals surface area (Å²) in [7, 11) is -1.56. The zero-order valence-corrected chi connectivity index (χ0v) is 16.7. The molecule has 1 aliphatic heterocycles. The summed E-state index contributed by atoms with van der Waals surface area (Å²) in [5.41, 5.74) is -0.435. The van der Waals surface area contributed by atoms with Gasteiger partial charge in [0.05, 0.1) is 19.8 Å². The van der Waals surface area contributed by atoms with Crippen molar-refractivity contribution in [2.45, 2.75) is 17.7 Å². The molecular weight excluding hydrogens is 402 g/mol. The van der Waals surface area contributed by atoms with E-state index in [-0.39, 0.29) is 39.2 Å². The van der Waals surface area contributed by atoms with Crippen LogP contribution in [0.3, 0.4) is 0 Å². The van der Waals surface area contributed by atoms with Gasteiger partial charge in [-0.1, -0.05) is 0 Å². The van der Waals surface area contributed by atoms with Crippen LogP contribution in [0.5, 0.6) is 11.5 Å². The van der Waals surface area contributed by atoms with Gasteiger partial charge in [0.2, 0.25) is 0 Å². The number of carbonyl (C=O) groups excluding carboxylic acids is 1. The molecule has 0 saturated carbocycles. The number of rotatable bonds is 7. The Morgan fingerprint density at radius 1 is 1.14 bits per heavy atom. The van der Waals surface area contributed by atoms with Gasteiger partial charge in [0.15, 0.2) is 0 Å². The van der Waals surface area contributed by atoms with E-state index in [4.69, 9.17) is 9.47 Å². The fourth-order valence-corrected chi connectivity index (χ4v) is 4.16. The molecule has 1 fully saturated rings. The van der Waals surface area contributed by atoms with Gasteiger partial charge < -0.3 is 24.5 Å². The Hall–Kier alpha value is -3.21. The number of amides is 1. The minimum atomic E-state index is -4.19. The van der Waals surface area contributed by atoms with Gasteiger partial charge in [-0.25, -0.2) is 13.2 Å². The van der Waals surface area contributed by atoms with Crippen molar-refractivity contribution in [3.05, 3.63) is 35.7 Å². The number of H-pyrrole nitrogens is 1. The number of aromatic nitrogens is 1. The van der Waals surface area contributed by atoms with Crippen molar-refractivity contribution in [3.8, 4) is 11.5 Å². The van der Waals surface area contributed by atoms with E-state index in [0.717, 1.165) is 12.8 Å². The third-order valence-electron chi connectivity index (χ3n) is 4.59. The van der Waals surface area contributed by atoms with Gasteiger partial charge in [-0.15, -0.1) is 0 Å². The number of methoxy groups -OCH3 is 2. The van der Waals surface area contributed by atoms with Gasteiger partial charge >= 0.3 is 5.97 Å². The molecule has 1 aromatic heterocycles. The number of nitrogens with zero attached hydrogens (tertiary/aromatic N) is 1. The highest BCUT2D eigenvalue weighted by atomic mass is 32.2. The van der Waals surface area contributed by atoms with Gasteiger partial charge in [-0.3, -0.25) is 9.52 Å². The number of sulfonamides is 1. The summed E-state index contributed by atoms with van der Waals surface area (Å²) in [5.74, 6) is -1.47. The Morgan fingerprint density at radius 2 is 1.83 bits per heavy atom. The highest BCUT2D eigenvalue weighted by molar-refractivity contribution is 7.92. The summed E-state index contributed by atoms with van der Waals surface area (Å²) in [6.07, 6.45) is 3.00. The molecule has 11 heteroatoms. The lowest BCUT2D eigenvalue weighted by Crippen LogP contribution is -2.27. The van der Waals surface area contributed by atoms with E-state index in [1.165, 1.54) is 38.6 Å². The number of carboxylic acid groups (broad SMARTS) is 1. The molecule has 0 atom stereocenters. The Morgan fingerprint density at radius 3 is 2.41 bits per heavy atom. The first-order chi connectivity index (χ1) is 13.8. The molecule has 2 heterocycles. The summed E-state index contributed by atoms with van der Waals surface area (Å²) in [5, 5.41) is 9.47. The number of carboxylic acids is 1. The largest absolute Gasteiger partial charge is 0.497 e. The third-order valence-corrected chi connectivity index (χ3v) is 5.92. The summed E-state index contributed by atoms with van der Waals surface area (Å²) in [6, 6.07) is 3.77. The summed E-state index contributed by atoms with van der Waals surface area (Å²) in [6.45, 7) is 1.26. The lowest BCUT2D eigenvalue weighted by Gasteiger charge is -2.15. The van der Waals surface area contributed by atoms with Crippen molar-refractivity contribution in [1.82, 2.24) is 9.88 Å². The molecular formula is C18H21N3O7S. The molecule has 0 spiro atoms. The molecule has 156 valence electrons. The first-order valence-corrected chi connectivity index (χ1v) is 10.2. The standard InChI is InChI=1S/C18H21N3O7S/c1-27-11-7-13(18(23)24)16(15(8-11)28-2)20-29(25,26)12-9-14(19-10-12)17(22)21-5-3-4-6-21/h7-10,19-20H,3-6H2,1-2H3,(H,23,24). The van der Waals surface area contributed by atoms with Crippen LogP contribution in [-0.4, -0.2) is 62.6 Å². The van der Waals surface area contributed by atoms with Gasteiger partial charge in [0, 0.05) is 25.4 Å². The number of nitrogens with one attached hydrogen (secondary N) is 2. The van der Waals surface area contributed by atoms with Crippen LogP contribution in [-0.2, 0) is 10.0 Å². The number of anilines is 1. The molecule has 3 rings (SSSR count). The van der Waals surface area contributed by atoms with Crippen LogP contribution in [0.15, 0.2) is 29.3 Å². The molecule has 0 radical (unpaired) electrons. The maximum absolute atomic E-state index is 12.8. The quantitative estimate of drug-likeness (QED) is 0.617.